The van der Waals surface area contributed by atoms with E-state index >= 15 is 0 Å². The zero-order chi connectivity index (χ0) is 19.7. The largest absolute Gasteiger partial charge is 0.337 e. The first-order chi connectivity index (χ1) is 13.4. The van der Waals surface area contributed by atoms with Gasteiger partial charge < -0.3 is 4.90 Å². The van der Waals surface area contributed by atoms with Gasteiger partial charge in [0.1, 0.15) is 0 Å². The van der Waals surface area contributed by atoms with E-state index in [0.717, 1.165) is 16.7 Å². The first-order valence-electron chi connectivity index (χ1n) is 8.90. The molecular formula is C20H20N4O3S. The molecule has 1 N–H and O–H groups in total. The molecule has 1 aliphatic heterocycles. The van der Waals surface area contributed by atoms with Gasteiger partial charge in [-0.3, -0.25) is 9.48 Å². The SMILES string of the molecule is CN1Cc2cc(-c3cccc(S(=O)(=O)NCCn4cccn4)c3)ccc2C1=O. The fourth-order valence-corrected chi connectivity index (χ4v) is 4.37. The molecular weight excluding hydrogens is 376 g/mol. The van der Waals surface area contributed by atoms with E-state index in [2.05, 4.69) is 9.82 Å². The minimum absolute atomic E-state index is 0.0132. The number of rotatable bonds is 6. The number of amides is 1. The molecule has 0 bridgehead atoms. The number of nitrogens with one attached hydrogen (secondary N) is 1. The monoisotopic (exact) mass is 396 g/mol. The van der Waals surface area contributed by atoms with E-state index in [1.807, 2.05) is 18.2 Å². The van der Waals surface area contributed by atoms with Crippen LogP contribution in [0, 0.1) is 0 Å². The van der Waals surface area contributed by atoms with Crippen LogP contribution in [0.1, 0.15) is 15.9 Å². The fraction of sp³-hybridized carbons (Fsp3) is 0.200. The molecule has 8 heteroatoms. The van der Waals surface area contributed by atoms with E-state index in [1.165, 1.54) is 0 Å². The van der Waals surface area contributed by atoms with Crippen molar-refractivity contribution in [1.82, 2.24) is 19.4 Å². The van der Waals surface area contributed by atoms with Gasteiger partial charge >= 0.3 is 0 Å². The van der Waals surface area contributed by atoms with Gasteiger partial charge in [0.05, 0.1) is 11.4 Å². The van der Waals surface area contributed by atoms with E-state index in [9.17, 15) is 13.2 Å². The lowest BCUT2D eigenvalue weighted by atomic mass is 10.0. The highest BCUT2D eigenvalue weighted by Gasteiger charge is 2.24. The third-order valence-electron chi connectivity index (χ3n) is 4.76. The molecule has 3 aromatic rings. The third kappa shape index (κ3) is 3.56. The summed E-state index contributed by atoms with van der Waals surface area (Å²) < 4.78 is 29.5. The molecule has 0 fully saturated rings. The molecule has 28 heavy (non-hydrogen) atoms. The van der Waals surface area contributed by atoms with Gasteiger partial charge in [0.15, 0.2) is 0 Å². The highest BCUT2D eigenvalue weighted by atomic mass is 32.2. The smallest absolute Gasteiger partial charge is 0.254 e. The van der Waals surface area contributed by atoms with E-state index in [4.69, 9.17) is 0 Å². The first kappa shape index (κ1) is 18.4. The molecule has 0 atom stereocenters. The van der Waals surface area contributed by atoms with Crippen LogP contribution in [0.2, 0.25) is 0 Å². The lowest BCUT2D eigenvalue weighted by Crippen LogP contribution is -2.27. The second-order valence-corrected chi connectivity index (χ2v) is 8.49. The summed E-state index contributed by atoms with van der Waals surface area (Å²) in [6.07, 6.45) is 3.44. The number of benzene rings is 2. The minimum Gasteiger partial charge on any atom is -0.337 e. The molecule has 1 aliphatic rings. The van der Waals surface area contributed by atoms with Crippen molar-refractivity contribution < 1.29 is 13.2 Å². The zero-order valence-corrected chi connectivity index (χ0v) is 16.2. The molecule has 0 saturated carbocycles. The topological polar surface area (TPSA) is 84.3 Å². The van der Waals surface area contributed by atoms with Crippen LogP contribution < -0.4 is 4.72 Å². The van der Waals surface area contributed by atoms with E-state index < -0.39 is 10.0 Å². The van der Waals surface area contributed by atoms with Crippen LogP contribution >= 0.6 is 0 Å². The molecule has 4 rings (SSSR count). The Morgan fingerprint density at radius 2 is 1.93 bits per heavy atom. The Labute approximate surface area is 163 Å². The second-order valence-electron chi connectivity index (χ2n) is 6.73. The quantitative estimate of drug-likeness (QED) is 0.692. The number of fused-ring (bicyclic) bond motifs is 1. The van der Waals surface area contributed by atoms with Gasteiger partial charge in [0.25, 0.3) is 5.91 Å². The lowest BCUT2D eigenvalue weighted by molar-refractivity contribution is 0.0816. The molecule has 1 aromatic heterocycles. The molecule has 1 amide bonds. The molecule has 0 radical (unpaired) electrons. The lowest BCUT2D eigenvalue weighted by Gasteiger charge is -2.09. The number of hydrogen-bond donors (Lipinski definition) is 1. The molecule has 0 aliphatic carbocycles. The fourth-order valence-electron chi connectivity index (χ4n) is 3.30. The molecule has 144 valence electrons. The molecule has 2 heterocycles. The van der Waals surface area contributed by atoms with Crippen LogP contribution in [0.4, 0.5) is 0 Å². The average Bonchev–Trinajstić information content (AvgIpc) is 3.30. The Bertz CT molecular complexity index is 1120. The van der Waals surface area contributed by atoms with E-state index in [1.54, 1.807) is 59.4 Å². The number of carbonyl (C=O) groups excluding carboxylic acids is 1. The maximum atomic E-state index is 12.6. The van der Waals surface area contributed by atoms with Crippen molar-refractivity contribution >= 4 is 15.9 Å². The number of hydrogen-bond acceptors (Lipinski definition) is 4. The summed E-state index contributed by atoms with van der Waals surface area (Å²) in [4.78, 5) is 13.9. The van der Waals surface area contributed by atoms with Gasteiger partial charge in [-0.2, -0.15) is 5.10 Å². The van der Waals surface area contributed by atoms with Crippen molar-refractivity contribution in [2.45, 2.75) is 18.0 Å². The van der Waals surface area contributed by atoms with Gasteiger partial charge in [-0.15, -0.1) is 0 Å². The maximum Gasteiger partial charge on any atom is 0.254 e. The normalized spacial score (nSPS) is 13.8. The van der Waals surface area contributed by atoms with Crippen molar-refractivity contribution in [2.75, 3.05) is 13.6 Å². The predicted molar refractivity (Wildman–Crippen MR) is 105 cm³/mol. The van der Waals surface area contributed by atoms with Crippen LogP contribution in [-0.4, -0.2) is 42.6 Å². The minimum atomic E-state index is -3.63. The Hall–Kier alpha value is -2.97. The molecule has 0 spiro atoms. The van der Waals surface area contributed by atoms with Crippen LogP contribution in [-0.2, 0) is 23.1 Å². The molecule has 7 nitrogen and oxygen atoms in total. The average molecular weight is 396 g/mol. The van der Waals surface area contributed by atoms with Gasteiger partial charge in [-0.05, 0) is 47.0 Å². The zero-order valence-electron chi connectivity index (χ0n) is 15.4. The van der Waals surface area contributed by atoms with Crippen molar-refractivity contribution in [3.8, 4) is 11.1 Å². The summed E-state index contributed by atoms with van der Waals surface area (Å²) in [5.74, 6) is 0.0132. The van der Waals surface area contributed by atoms with Crippen LogP contribution in [0.3, 0.4) is 0 Å². The van der Waals surface area contributed by atoms with E-state index in [0.29, 0.717) is 18.7 Å². The summed E-state index contributed by atoms with van der Waals surface area (Å²) in [6.45, 7) is 1.27. The summed E-state index contributed by atoms with van der Waals surface area (Å²) in [6, 6.07) is 14.2. The number of nitrogens with zero attached hydrogens (tertiary/aromatic N) is 3. The maximum absolute atomic E-state index is 12.6. The number of aromatic nitrogens is 2. The standard InChI is InChI=1S/C20H20N4O3S/c1-23-14-17-12-16(6-7-19(17)20(23)25)15-4-2-5-18(13-15)28(26,27)22-9-11-24-10-3-8-21-24/h2-8,10,12-13,22H,9,11,14H2,1H3. The van der Waals surface area contributed by atoms with Crippen LogP contribution in [0.5, 0.6) is 0 Å². The second kappa shape index (κ2) is 7.21. The van der Waals surface area contributed by atoms with Gasteiger partial charge in [-0.25, -0.2) is 13.1 Å². The van der Waals surface area contributed by atoms with E-state index in [-0.39, 0.29) is 17.3 Å². The Morgan fingerprint density at radius 1 is 1.11 bits per heavy atom. The Balaban J connectivity index is 1.54. The van der Waals surface area contributed by atoms with Gasteiger partial charge in [0, 0.05) is 38.1 Å². The van der Waals surface area contributed by atoms with Crippen LogP contribution in [0.15, 0.2) is 65.8 Å². The summed E-state index contributed by atoms with van der Waals surface area (Å²) in [5.41, 5.74) is 3.33. The molecule has 0 saturated heterocycles. The summed E-state index contributed by atoms with van der Waals surface area (Å²) in [7, 11) is -1.86. The highest BCUT2D eigenvalue weighted by Crippen LogP contribution is 2.29. The van der Waals surface area contributed by atoms with Crippen molar-refractivity contribution in [1.29, 1.82) is 0 Å². The molecule has 2 aromatic carbocycles. The predicted octanol–water partition coefficient (Wildman–Crippen LogP) is 2.11. The summed E-state index contributed by atoms with van der Waals surface area (Å²) >= 11 is 0. The third-order valence-corrected chi connectivity index (χ3v) is 6.22. The summed E-state index contributed by atoms with van der Waals surface area (Å²) in [5, 5.41) is 4.06. The number of sulfonamides is 1. The first-order valence-corrected chi connectivity index (χ1v) is 10.4. The number of carbonyl (C=O) groups is 1. The molecule has 0 unspecified atom stereocenters. The van der Waals surface area contributed by atoms with Gasteiger partial charge in [0.2, 0.25) is 10.0 Å². The highest BCUT2D eigenvalue weighted by molar-refractivity contribution is 7.89. The van der Waals surface area contributed by atoms with Crippen LogP contribution in [0.25, 0.3) is 11.1 Å². The Kier molecular flexibility index (Phi) is 4.74. The van der Waals surface area contributed by atoms with Crippen molar-refractivity contribution in [3.05, 3.63) is 72.1 Å². The Morgan fingerprint density at radius 3 is 2.71 bits per heavy atom. The van der Waals surface area contributed by atoms with Crippen molar-refractivity contribution in [2.24, 2.45) is 0 Å². The van der Waals surface area contributed by atoms with Gasteiger partial charge in [-0.1, -0.05) is 18.2 Å². The van der Waals surface area contributed by atoms with Crippen molar-refractivity contribution in [3.63, 3.8) is 0 Å².